The Kier molecular flexibility index (Phi) is 3.41. The van der Waals surface area contributed by atoms with E-state index in [9.17, 15) is 2.74 Å². The van der Waals surface area contributed by atoms with Crippen LogP contribution in [0.1, 0.15) is 15.1 Å². The van der Waals surface area contributed by atoms with Gasteiger partial charge in [0, 0.05) is 16.3 Å². The van der Waals surface area contributed by atoms with Gasteiger partial charge in [-0.05, 0) is 78.3 Å². The van der Waals surface area contributed by atoms with Crippen LogP contribution in [0.4, 0.5) is 0 Å². The Morgan fingerprint density at radius 2 is 1.05 bits per heavy atom. The average Bonchev–Trinajstić information content (AvgIpc) is 3.60. The quantitative estimate of drug-likeness (QED) is 0.197. The zero-order valence-electron chi connectivity index (χ0n) is 33.6. The second kappa shape index (κ2) is 9.44. The summed E-state index contributed by atoms with van der Waals surface area (Å²) < 4.78 is 103. The van der Waals surface area contributed by atoms with Crippen LogP contribution in [0.3, 0.4) is 0 Å². The number of benzene rings is 8. The van der Waals surface area contributed by atoms with Crippen LogP contribution in [0.2, 0.25) is 0 Å². The van der Waals surface area contributed by atoms with Crippen LogP contribution in [0.25, 0.3) is 87.6 Å². The minimum atomic E-state index is -0.617. The minimum absolute atomic E-state index is 0.0674. The summed E-state index contributed by atoms with van der Waals surface area (Å²) >= 11 is 0. The summed E-state index contributed by atoms with van der Waals surface area (Å²) in [6.07, 6.45) is 0. The highest BCUT2D eigenvalue weighted by Gasteiger charge is 2.22. The van der Waals surface area contributed by atoms with E-state index in [0.717, 1.165) is 32.7 Å². The van der Waals surface area contributed by atoms with E-state index in [1.54, 1.807) is 0 Å². The lowest BCUT2D eigenvalue weighted by molar-refractivity contribution is 0.670. The highest BCUT2D eigenvalue weighted by Crippen LogP contribution is 2.49. The number of para-hydroxylation sites is 1. The fourth-order valence-corrected chi connectivity index (χ4v) is 6.27. The maximum Gasteiger partial charge on any atom is 0.143 e. The van der Waals surface area contributed by atoms with Crippen LogP contribution in [0, 0.1) is 0 Å². The molecule has 9 rings (SSSR count). The first-order valence-corrected chi connectivity index (χ1v) is 13.9. The number of hydrogen-bond donors (Lipinski definition) is 0. The van der Waals surface area contributed by atoms with Gasteiger partial charge in [0.05, 0.1) is 15.1 Å². The lowest BCUT2D eigenvalue weighted by Crippen LogP contribution is -1.93. The maximum atomic E-state index is 9.71. The molecule has 0 bridgehead atoms. The summed E-state index contributed by atoms with van der Waals surface area (Å²) in [6, 6.07) is 23.7. The Bertz CT molecular complexity index is 3040. The fraction of sp³-hybridized carbons (Fsp3) is 0. The van der Waals surface area contributed by atoms with Gasteiger partial charge < -0.3 is 4.42 Å². The highest BCUT2D eigenvalue weighted by atomic mass is 16.3. The molecular formula is C42H26O. The Balaban J connectivity index is 1.54. The van der Waals surface area contributed by atoms with Crippen molar-refractivity contribution in [2.24, 2.45) is 0 Å². The van der Waals surface area contributed by atoms with E-state index in [4.69, 9.17) is 16.8 Å². The molecule has 1 aromatic heterocycles. The predicted molar refractivity (Wildman–Crippen MR) is 183 cm³/mol. The van der Waals surface area contributed by atoms with Crippen LogP contribution in [-0.2, 0) is 0 Å². The Morgan fingerprint density at radius 3 is 1.79 bits per heavy atom. The predicted octanol–water partition coefficient (Wildman–Crippen LogP) is 12.0. The van der Waals surface area contributed by atoms with Crippen LogP contribution in [0.15, 0.2) is 162 Å². The lowest BCUT2D eigenvalue weighted by Gasteiger charge is -2.20. The van der Waals surface area contributed by atoms with Gasteiger partial charge in [-0.15, -0.1) is 0 Å². The van der Waals surface area contributed by atoms with E-state index in [1.807, 2.05) is 72.8 Å². The molecule has 8 aromatic carbocycles. The molecule has 0 unspecified atom stereocenters. The van der Waals surface area contributed by atoms with Gasteiger partial charge in [0.15, 0.2) is 0 Å². The van der Waals surface area contributed by atoms with E-state index in [-0.39, 0.29) is 44.7 Å². The molecule has 0 fully saturated rings. The first kappa shape index (κ1) is 15.5. The topological polar surface area (TPSA) is 13.1 Å². The normalized spacial score (nSPS) is 15.3. The number of furan rings is 1. The first-order valence-electron chi connectivity index (χ1n) is 19.4. The first-order chi connectivity index (χ1) is 25.9. The highest BCUT2D eigenvalue weighted by molar-refractivity contribution is 6.24. The van der Waals surface area contributed by atoms with Crippen molar-refractivity contribution in [3.63, 3.8) is 0 Å². The Morgan fingerprint density at radius 1 is 0.419 bits per heavy atom. The Hall–Kier alpha value is -5.66. The molecule has 0 atom stereocenters. The van der Waals surface area contributed by atoms with E-state index in [0.29, 0.717) is 16.3 Å². The molecule has 0 aliphatic rings. The summed E-state index contributed by atoms with van der Waals surface area (Å²) in [6.45, 7) is 0. The average molecular weight is 558 g/mol. The molecule has 0 amide bonds. The van der Waals surface area contributed by atoms with Gasteiger partial charge in [0.2, 0.25) is 0 Å². The van der Waals surface area contributed by atoms with E-state index >= 15 is 0 Å². The smallest absolute Gasteiger partial charge is 0.143 e. The monoisotopic (exact) mass is 557 g/mol. The molecule has 43 heavy (non-hydrogen) atoms. The standard InChI is InChI=1S/C42H26O/c1-2-13-28(14-3-1)40-37(25-24-36-31-16-10-11-21-38(31)43-42(36)40)41-34-19-8-6-17-32(34)39(33-18-7-9-20-35(33)41)30-23-22-27-12-4-5-15-29(27)26-30/h1-26H/i1D,2D,3D,10D,11D,13D,14D,16D,21D,24D,25D. The third-order valence-corrected chi connectivity index (χ3v) is 8.09. The van der Waals surface area contributed by atoms with Crippen LogP contribution < -0.4 is 0 Å². The van der Waals surface area contributed by atoms with Crippen molar-refractivity contribution in [2.45, 2.75) is 0 Å². The largest absolute Gasteiger partial charge is 0.455 e. The Labute approximate surface area is 264 Å². The molecular weight excluding hydrogens is 520 g/mol. The van der Waals surface area contributed by atoms with Crippen molar-refractivity contribution in [1.29, 1.82) is 0 Å². The molecule has 0 aliphatic carbocycles. The van der Waals surface area contributed by atoms with Gasteiger partial charge >= 0.3 is 0 Å². The van der Waals surface area contributed by atoms with E-state index < -0.39 is 60.4 Å². The summed E-state index contributed by atoms with van der Waals surface area (Å²) in [5, 5.41) is 4.84. The van der Waals surface area contributed by atoms with Crippen molar-refractivity contribution >= 4 is 54.3 Å². The van der Waals surface area contributed by atoms with Gasteiger partial charge in [-0.2, -0.15) is 0 Å². The molecule has 0 spiro atoms. The molecule has 1 heteroatoms. The second-order valence-electron chi connectivity index (χ2n) is 10.4. The molecule has 0 N–H and O–H groups in total. The molecule has 9 aromatic rings. The third kappa shape index (κ3) is 3.65. The molecule has 0 aliphatic heterocycles. The molecule has 0 saturated carbocycles. The van der Waals surface area contributed by atoms with Gasteiger partial charge in [-0.3, -0.25) is 0 Å². The van der Waals surface area contributed by atoms with Crippen molar-refractivity contribution < 1.29 is 19.5 Å². The number of hydrogen-bond acceptors (Lipinski definition) is 1. The second-order valence-corrected chi connectivity index (χ2v) is 10.4. The fourth-order valence-electron chi connectivity index (χ4n) is 6.27. The summed E-state index contributed by atoms with van der Waals surface area (Å²) in [5.74, 6) is 0. The zero-order chi connectivity index (χ0) is 37.9. The summed E-state index contributed by atoms with van der Waals surface area (Å²) in [4.78, 5) is 0. The van der Waals surface area contributed by atoms with Crippen LogP contribution in [-0.4, -0.2) is 0 Å². The van der Waals surface area contributed by atoms with Crippen molar-refractivity contribution in [1.82, 2.24) is 0 Å². The van der Waals surface area contributed by atoms with Crippen LogP contribution in [0.5, 0.6) is 0 Å². The van der Waals surface area contributed by atoms with Crippen molar-refractivity contribution in [3.05, 3.63) is 157 Å². The van der Waals surface area contributed by atoms with Gasteiger partial charge in [-0.25, -0.2) is 0 Å². The van der Waals surface area contributed by atoms with Crippen molar-refractivity contribution in [2.75, 3.05) is 0 Å². The van der Waals surface area contributed by atoms with Gasteiger partial charge in [0.25, 0.3) is 0 Å². The molecule has 1 nitrogen and oxygen atoms in total. The zero-order valence-corrected chi connectivity index (χ0v) is 22.6. The van der Waals surface area contributed by atoms with E-state index in [2.05, 4.69) is 18.2 Å². The minimum Gasteiger partial charge on any atom is -0.455 e. The summed E-state index contributed by atoms with van der Waals surface area (Å²) in [5.41, 5.74) is 1.59. The molecule has 0 saturated heterocycles. The van der Waals surface area contributed by atoms with Gasteiger partial charge in [0.1, 0.15) is 11.2 Å². The maximum absolute atomic E-state index is 9.71. The summed E-state index contributed by atoms with van der Waals surface area (Å²) in [7, 11) is 0. The van der Waals surface area contributed by atoms with Crippen molar-refractivity contribution in [3.8, 4) is 33.4 Å². The molecule has 200 valence electrons. The van der Waals surface area contributed by atoms with E-state index in [1.165, 1.54) is 0 Å². The van der Waals surface area contributed by atoms with Crippen LogP contribution >= 0.6 is 0 Å². The molecule has 1 heterocycles. The molecule has 0 radical (unpaired) electrons. The number of rotatable bonds is 3. The lowest BCUT2D eigenvalue weighted by atomic mass is 9.83. The number of fused-ring (bicyclic) bond motifs is 6. The third-order valence-electron chi connectivity index (χ3n) is 8.09. The SMILES string of the molecule is [2H]c1c([2H])c([2H])c(-c2c(-c3c4ccccc4c(-c4ccc5ccccc5c4)c4ccccc34)c([2H])c([2H])c3c2oc2c([2H])c([2H])c([2H])c([2H])c23)c([2H])c1[2H]. The van der Waals surface area contributed by atoms with Gasteiger partial charge in [-0.1, -0.05) is 139 Å².